The highest BCUT2D eigenvalue weighted by atomic mass is 16.3. The molecule has 23 heavy (non-hydrogen) atoms. The van der Waals surface area contributed by atoms with Gasteiger partial charge < -0.3 is 14.9 Å². The van der Waals surface area contributed by atoms with E-state index >= 15 is 0 Å². The minimum atomic E-state index is 0.374. The molecule has 4 nitrogen and oxygen atoms in total. The van der Waals surface area contributed by atoms with E-state index in [2.05, 4.69) is 27.7 Å². The lowest BCUT2D eigenvalue weighted by Gasteiger charge is -2.39. The number of phenols is 1. The molecule has 2 aliphatic rings. The zero-order valence-corrected chi connectivity index (χ0v) is 14.5. The van der Waals surface area contributed by atoms with E-state index in [-0.39, 0.29) is 0 Å². The van der Waals surface area contributed by atoms with Gasteiger partial charge in [0.25, 0.3) is 0 Å². The number of piperidine rings is 1. The van der Waals surface area contributed by atoms with Crippen molar-refractivity contribution in [2.75, 3.05) is 52.4 Å². The second-order valence-corrected chi connectivity index (χ2v) is 7.15. The largest absolute Gasteiger partial charge is 0.508 e. The molecule has 1 atom stereocenters. The molecule has 1 aromatic rings. The Morgan fingerprint density at radius 2 is 1.83 bits per heavy atom. The Morgan fingerprint density at radius 3 is 2.57 bits per heavy atom. The van der Waals surface area contributed by atoms with E-state index in [1.165, 1.54) is 57.7 Å². The number of aromatic hydroxyl groups is 1. The van der Waals surface area contributed by atoms with Crippen LogP contribution < -0.4 is 0 Å². The minimum absolute atomic E-state index is 0.374. The molecule has 4 heteroatoms. The van der Waals surface area contributed by atoms with E-state index < -0.39 is 0 Å². The average Bonchev–Trinajstić information content (AvgIpc) is 2.57. The van der Waals surface area contributed by atoms with Crippen molar-refractivity contribution in [3.05, 3.63) is 29.8 Å². The number of hydrogen-bond acceptors (Lipinski definition) is 4. The normalized spacial score (nSPS) is 24.8. The van der Waals surface area contributed by atoms with Crippen LogP contribution in [0.4, 0.5) is 0 Å². The van der Waals surface area contributed by atoms with Crippen LogP contribution in [0.15, 0.2) is 24.3 Å². The summed E-state index contributed by atoms with van der Waals surface area (Å²) >= 11 is 0. The fourth-order valence-corrected chi connectivity index (χ4v) is 4.00. The maximum Gasteiger partial charge on any atom is 0.115 e. The summed E-state index contributed by atoms with van der Waals surface area (Å²) in [6.45, 7) is 12.9. The summed E-state index contributed by atoms with van der Waals surface area (Å²) in [5.41, 5.74) is 1.21. The van der Waals surface area contributed by atoms with Gasteiger partial charge in [0.1, 0.15) is 5.75 Å². The Morgan fingerprint density at radius 1 is 1.04 bits per heavy atom. The van der Waals surface area contributed by atoms with Crippen LogP contribution >= 0.6 is 0 Å². The first kappa shape index (κ1) is 16.7. The maximum absolute atomic E-state index is 9.58. The van der Waals surface area contributed by atoms with Gasteiger partial charge in [0.05, 0.1) is 0 Å². The van der Waals surface area contributed by atoms with E-state index in [1.54, 1.807) is 6.07 Å². The van der Waals surface area contributed by atoms with Crippen LogP contribution in [0, 0.1) is 5.92 Å². The van der Waals surface area contributed by atoms with Crippen molar-refractivity contribution < 1.29 is 5.11 Å². The van der Waals surface area contributed by atoms with Gasteiger partial charge in [0, 0.05) is 45.8 Å². The monoisotopic (exact) mass is 317 g/mol. The van der Waals surface area contributed by atoms with Crippen LogP contribution in [0.25, 0.3) is 0 Å². The summed E-state index contributed by atoms with van der Waals surface area (Å²) in [4.78, 5) is 7.76. The van der Waals surface area contributed by atoms with Gasteiger partial charge in [-0.15, -0.1) is 0 Å². The number of benzene rings is 1. The second-order valence-electron chi connectivity index (χ2n) is 7.15. The van der Waals surface area contributed by atoms with Gasteiger partial charge >= 0.3 is 0 Å². The SMILES string of the molecule is CCN1CCC[C@@H](CN2CCN(Cc3cccc(O)c3)CC2)C1. The fraction of sp³-hybridized carbons (Fsp3) is 0.684. The molecule has 0 saturated carbocycles. The minimum Gasteiger partial charge on any atom is -0.508 e. The molecule has 0 spiro atoms. The molecular weight excluding hydrogens is 286 g/mol. The molecule has 3 rings (SSSR count). The van der Waals surface area contributed by atoms with Crippen molar-refractivity contribution in [2.45, 2.75) is 26.3 Å². The van der Waals surface area contributed by atoms with Crippen molar-refractivity contribution in [3.63, 3.8) is 0 Å². The third-order valence-corrected chi connectivity index (χ3v) is 5.35. The van der Waals surface area contributed by atoms with E-state index in [1.807, 2.05) is 12.1 Å². The van der Waals surface area contributed by atoms with Crippen molar-refractivity contribution in [3.8, 4) is 5.75 Å². The number of rotatable bonds is 5. The van der Waals surface area contributed by atoms with E-state index in [0.717, 1.165) is 25.6 Å². The second kappa shape index (κ2) is 8.13. The highest BCUT2D eigenvalue weighted by Gasteiger charge is 2.23. The summed E-state index contributed by atoms with van der Waals surface area (Å²) in [7, 11) is 0. The van der Waals surface area contributed by atoms with Gasteiger partial charge in [-0.3, -0.25) is 4.90 Å². The van der Waals surface area contributed by atoms with Gasteiger partial charge in [0.15, 0.2) is 0 Å². The van der Waals surface area contributed by atoms with Crippen LogP contribution in [-0.4, -0.2) is 72.2 Å². The highest BCUT2D eigenvalue weighted by Crippen LogP contribution is 2.19. The van der Waals surface area contributed by atoms with Crippen molar-refractivity contribution >= 4 is 0 Å². The summed E-state index contributed by atoms with van der Waals surface area (Å²) in [5, 5.41) is 9.58. The predicted molar refractivity (Wildman–Crippen MR) is 94.7 cm³/mol. The Balaban J connectivity index is 1.41. The third kappa shape index (κ3) is 4.93. The summed E-state index contributed by atoms with van der Waals surface area (Å²) < 4.78 is 0. The van der Waals surface area contributed by atoms with Gasteiger partial charge in [0.2, 0.25) is 0 Å². The molecule has 0 amide bonds. The molecule has 0 unspecified atom stereocenters. The first-order chi connectivity index (χ1) is 11.2. The average molecular weight is 317 g/mol. The lowest BCUT2D eigenvalue weighted by atomic mass is 9.97. The molecule has 2 saturated heterocycles. The molecule has 2 heterocycles. The molecule has 128 valence electrons. The maximum atomic E-state index is 9.58. The molecule has 0 bridgehead atoms. The molecule has 1 aromatic carbocycles. The van der Waals surface area contributed by atoms with E-state index in [4.69, 9.17) is 0 Å². The summed E-state index contributed by atoms with van der Waals surface area (Å²) in [6, 6.07) is 7.66. The predicted octanol–water partition coefficient (Wildman–Crippen LogP) is 2.24. The Kier molecular flexibility index (Phi) is 5.92. The zero-order chi connectivity index (χ0) is 16.1. The van der Waals surface area contributed by atoms with Crippen LogP contribution in [0.1, 0.15) is 25.3 Å². The molecule has 2 aliphatic heterocycles. The topological polar surface area (TPSA) is 30.0 Å². The lowest BCUT2D eigenvalue weighted by molar-refractivity contribution is 0.0883. The Labute approximate surface area is 140 Å². The standard InChI is InChI=1S/C19H31N3O/c1-2-20-8-4-6-18(15-20)16-22-11-9-21(10-12-22)14-17-5-3-7-19(23)13-17/h3,5,7,13,18,23H,2,4,6,8-12,14-16H2,1H3/t18-/m1/s1. The molecule has 0 aliphatic carbocycles. The van der Waals surface area contributed by atoms with Crippen LogP contribution in [0.5, 0.6) is 5.75 Å². The highest BCUT2D eigenvalue weighted by molar-refractivity contribution is 5.27. The third-order valence-electron chi connectivity index (χ3n) is 5.35. The van der Waals surface area contributed by atoms with Crippen molar-refractivity contribution in [2.24, 2.45) is 5.92 Å². The molecule has 2 fully saturated rings. The van der Waals surface area contributed by atoms with Gasteiger partial charge in [-0.1, -0.05) is 19.1 Å². The van der Waals surface area contributed by atoms with Crippen molar-refractivity contribution in [1.82, 2.24) is 14.7 Å². The fourth-order valence-electron chi connectivity index (χ4n) is 4.00. The molecular formula is C19H31N3O. The van der Waals surface area contributed by atoms with Crippen LogP contribution in [0.3, 0.4) is 0 Å². The number of nitrogens with zero attached hydrogens (tertiary/aromatic N) is 3. The number of phenolic OH excluding ortho intramolecular Hbond substituents is 1. The number of hydrogen-bond donors (Lipinski definition) is 1. The molecule has 0 aromatic heterocycles. The number of piperazine rings is 1. The van der Waals surface area contributed by atoms with Crippen LogP contribution in [0.2, 0.25) is 0 Å². The van der Waals surface area contributed by atoms with Gasteiger partial charge in [-0.25, -0.2) is 0 Å². The number of likely N-dealkylation sites (tertiary alicyclic amines) is 1. The van der Waals surface area contributed by atoms with Crippen molar-refractivity contribution in [1.29, 1.82) is 0 Å². The lowest BCUT2D eigenvalue weighted by Crippen LogP contribution is -2.49. The first-order valence-electron chi connectivity index (χ1n) is 9.18. The Bertz CT molecular complexity index is 485. The van der Waals surface area contributed by atoms with E-state index in [0.29, 0.717) is 5.75 Å². The molecule has 0 radical (unpaired) electrons. The van der Waals surface area contributed by atoms with E-state index in [9.17, 15) is 5.11 Å². The van der Waals surface area contributed by atoms with Gasteiger partial charge in [-0.05, 0) is 49.5 Å². The van der Waals surface area contributed by atoms with Crippen LogP contribution in [-0.2, 0) is 6.54 Å². The first-order valence-corrected chi connectivity index (χ1v) is 9.18. The summed E-state index contributed by atoms with van der Waals surface area (Å²) in [5.74, 6) is 1.24. The Hall–Kier alpha value is -1.10. The molecule has 1 N–H and O–H groups in total. The quantitative estimate of drug-likeness (QED) is 0.902. The van der Waals surface area contributed by atoms with Gasteiger partial charge in [-0.2, -0.15) is 0 Å². The smallest absolute Gasteiger partial charge is 0.115 e. The summed E-state index contributed by atoms with van der Waals surface area (Å²) in [6.07, 6.45) is 2.77. The zero-order valence-electron chi connectivity index (χ0n) is 14.5.